The van der Waals surface area contributed by atoms with Crippen molar-refractivity contribution in [2.24, 2.45) is 5.92 Å². The fourth-order valence-electron chi connectivity index (χ4n) is 3.20. The number of hydrogen-bond acceptors (Lipinski definition) is 1. The van der Waals surface area contributed by atoms with Crippen LogP contribution in [-0.4, -0.2) is 5.91 Å². The van der Waals surface area contributed by atoms with Gasteiger partial charge in [-0.15, -0.1) is 0 Å². The van der Waals surface area contributed by atoms with E-state index in [1.165, 1.54) is 24.0 Å². The predicted octanol–water partition coefficient (Wildman–Crippen LogP) is 3.86. The summed E-state index contributed by atoms with van der Waals surface area (Å²) in [5, 5.41) is 3.12. The summed E-state index contributed by atoms with van der Waals surface area (Å²) in [6.45, 7) is 0. The minimum atomic E-state index is 0.163. The van der Waals surface area contributed by atoms with Crippen molar-refractivity contribution in [1.82, 2.24) is 0 Å². The topological polar surface area (TPSA) is 29.1 Å². The molecular formula is C17H21NO. The van der Waals surface area contributed by atoms with Gasteiger partial charge in [-0.3, -0.25) is 4.79 Å². The average molecular weight is 255 g/mol. The molecule has 0 aromatic heterocycles. The van der Waals surface area contributed by atoms with E-state index in [-0.39, 0.29) is 5.91 Å². The van der Waals surface area contributed by atoms with Crippen molar-refractivity contribution in [3.63, 3.8) is 0 Å². The molecule has 0 bridgehead atoms. The van der Waals surface area contributed by atoms with Crippen LogP contribution in [0.3, 0.4) is 0 Å². The number of hydrogen-bond donors (Lipinski definition) is 1. The van der Waals surface area contributed by atoms with Crippen molar-refractivity contribution in [1.29, 1.82) is 0 Å². The average Bonchev–Trinajstić information content (AvgIpc) is 2.92. The summed E-state index contributed by atoms with van der Waals surface area (Å²) in [5.74, 6) is 0.607. The van der Waals surface area contributed by atoms with Gasteiger partial charge in [-0.1, -0.05) is 24.3 Å². The Morgan fingerprint density at radius 3 is 3.00 bits per heavy atom. The van der Waals surface area contributed by atoms with Crippen molar-refractivity contribution >= 4 is 11.6 Å². The van der Waals surface area contributed by atoms with Crippen LogP contribution in [0.15, 0.2) is 30.4 Å². The molecule has 0 saturated heterocycles. The summed E-state index contributed by atoms with van der Waals surface area (Å²) in [7, 11) is 0. The summed E-state index contributed by atoms with van der Waals surface area (Å²) >= 11 is 0. The summed E-state index contributed by atoms with van der Waals surface area (Å²) in [6, 6.07) is 6.31. The van der Waals surface area contributed by atoms with Gasteiger partial charge in [-0.25, -0.2) is 0 Å². The molecule has 0 aliphatic heterocycles. The molecule has 0 unspecified atom stereocenters. The zero-order valence-electron chi connectivity index (χ0n) is 11.3. The molecule has 100 valence electrons. The molecule has 2 aliphatic rings. The Labute approximate surface area is 114 Å². The van der Waals surface area contributed by atoms with E-state index in [2.05, 4.69) is 29.6 Å². The molecule has 0 heterocycles. The molecule has 0 spiro atoms. The lowest BCUT2D eigenvalue weighted by Gasteiger charge is -2.20. The lowest BCUT2D eigenvalue weighted by atomic mass is 9.90. The van der Waals surface area contributed by atoms with Gasteiger partial charge in [-0.05, 0) is 61.6 Å². The van der Waals surface area contributed by atoms with Crippen LogP contribution in [0.25, 0.3) is 0 Å². The highest BCUT2D eigenvalue weighted by molar-refractivity contribution is 5.92. The molecule has 2 nitrogen and oxygen atoms in total. The van der Waals surface area contributed by atoms with Gasteiger partial charge in [0.05, 0.1) is 0 Å². The maximum absolute atomic E-state index is 12.1. The van der Waals surface area contributed by atoms with Crippen molar-refractivity contribution in [3.8, 4) is 0 Å². The number of rotatable bonds is 3. The molecule has 19 heavy (non-hydrogen) atoms. The van der Waals surface area contributed by atoms with Crippen molar-refractivity contribution in [3.05, 3.63) is 41.5 Å². The Bertz CT molecular complexity index is 504. The Kier molecular flexibility index (Phi) is 3.67. The number of amides is 1. The van der Waals surface area contributed by atoms with Crippen LogP contribution < -0.4 is 5.32 Å². The van der Waals surface area contributed by atoms with Crippen LogP contribution in [0.1, 0.15) is 43.2 Å². The molecule has 0 saturated carbocycles. The van der Waals surface area contributed by atoms with E-state index < -0.39 is 0 Å². The Hall–Kier alpha value is -1.57. The second kappa shape index (κ2) is 5.60. The quantitative estimate of drug-likeness (QED) is 0.816. The van der Waals surface area contributed by atoms with E-state index >= 15 is 0 Å². The Morgan fingerprint density at radius 2 is 2.16 bits per heavy atom. The van der Waals surface area contributed by atoms with Crippen LogP contribution in [0.2, 0.25) is 0 Å². The number of allylic oxidation sites excluding steroid dienone is 2. The SMILES string of the molecule is O=C(C[C@@H]1C=CCC1)Nc1cccc2c1CCCC2. The summed E-state index contributed by atoms with van der Waals surface area (Å²) in [5.41, 5.74) is 3.83. The largest absolute Gasteiger partial charge is 0.326 e. The van der Waals surface area contributed by atoms with Crippen LogP contribution in [0, 0.1) is 5.92 Å². The van der Waals surface area contributed by atoms with Crippen LogP contribution >= 0.6 is 0 Å². The standard InChI is InChI=1S/C17H21NO/c19-17(12-13-6-1-2-7-13)18-16-11-5-9-14-8-3-4-10-15(14)16/h1,5-6,9,11,13H,2-4,7-8,10,12H2,(H,18,19)/t13-/m1/s1. The smallest absolute Gasteiger partial charge is 0.224 e. The highest BCUT2D eigenvalue weighted by Crippen LogP contribution is 2.28. The molecule has 0 radical (unpaired) electrons. The van der Waals surface area contributed by atoms with Gasteiger partial charge >= 0.3 is 0 Å². The highest BCUT2D eigenvalue weighted by Gasteiger charge is 2.17. The molecule has 1 aromatic rings. The first-order valence-corrected chi connectivity index (χ1v) is 7.40. The Balaban J connectivity index is 1.69. The maximum Gasteiger partial charge on any atom is 0.224 e. The monoisotopic (exact) mass is 255 g/mol. The van der Waals surface area contributed by atoms with E-state index in [1.807, 2.05) is 6.07 Å². The minimum Gasteiger partial charge on any atom is -0.326 e. The molecule has 1 aromatic carbocycles. The number of nitrogens with one attached hydrogen (secondary N) is 1. The lowest BCUT2D eigenvalue weighted by molar-refractivity contribution is -0.116. The van der Waals surface area contributed by atoms with Crippen molar-refractivity contribution < 1.29 is 4.79 Å². The minimum absolute atomic E-state index is 0.163. The number of fused-ring (bicyclic) bond motifs is 1. The first-order chi connectivity index (χ1) is 9.33. The van der Waals surface area contributed by atoms with Crippen molar-refractivity contribution in [2.75, 3.05) is 5.32 Å². The molecule has 2 heteroatoms. The van der Waals surface area contributed by atoms with Gasteiger partial charge in [-0.2, -0.15) is 0 Å². The number of carbonyl (C=O) groups is 1. The van der Waals surface area contributed by atoms with Gasteiger partial charge in [0.2, 0.25) is 5.91 Å². The van der Waals surface area contributed by atoms with Gasteiger partial charge < -0.3 is 5.32 Å². The van der Waals surface area contributed by atoms with Gasteiger partial charge in [0, 0.05) is 12.1 Å². The molecular weight excluding hydrogens is 234 g/mol. The van der Waals surface area contributed by atoms with E-state index in [0.717, 1.165) is 31.4 Å². The van der Waals surface area contributed by atoms with Crippen LogP contribution in [0.5, 0.6) is 0 Å². The van der Waals surface area contributed by atoms with Crippen LogP contribution in [0.4, 0.5) is 5.69 Å². The third-order valence-electron chi connectivity index (χ3n) is 4.23. The van der Waals surface area contributed by atoms with Gasteiger partial charge in [0.25, 0.3) is 0 Å². The lowest BCUT2D eigenvalue weighted by Crippen LogP contribution is -2.17. The highest BCUT2D eigenvalue weighted by atomic mass is 16.1. The molecule has 3 rings (SSSR count). The van der Waals surface area contributed by atoms with Gasteiger partial charge in [0.15, 0.2) is 0 Å². The zero-order valence-corrected chi connectivity index (χ0v) is 11.3. The molecule has 0 fully saturated rings. The molecule has 1 amide bonds. The first-order valence-electron chi connectivity index (χ1n) is 7.40. The Morgan fingerprint density at radius 1 is 1.26 bits per heavy atom. The molecule has 1 N–H and O–H groups in total. The van der Waals surface area contributed by atoms with Gasteiger partial charge in [0.1, 0.15) is 0 Å². The predicted molar refractivity (Wildman–Crippen MR) is 78.2 cm³/mol. The van der Waals surface area contributed by atoms with E-state index in [1.54, 1.807) is 0 Å². The van der Waals surface area contributed by atoms with Crippen LogP contribution in [-0.2, 0) is 17.6 Å². The number of carbonyl (C=O) groups excluding carboxylic acids is 1. The fraction of sp³-hybridized carbons (Fsp3) is 0.471. The normalized spacial score (nSPS) is 21.2. The summed E-state index contributed by atoms with van der Waals surface area (Å²) in [4.78, 5) is 12.1. The van der Waals surface area contributed by atoms with E-state index in [4.69, 9.17) is 0 Å². The van der Waals surface area contributed by atoms with E-state index in [0.29, 0.717) is 12.3 Å². The number of anilines is 1. The first kappa shape index (κ1) is 12.5. The third kappa shape index (κ3) is 2.89. The third-order valence-corrected chi connectivity index (χ3v) is 4.23. The van der Waals surface area contributed by atoms with E-state index in [9.17, 15) is 4.79 Å². The maximum atomic E-state index is 12.1. The fourth-order valence-corrected chi connectivity index (χ4v) is 3.20. The molecule has 1 atom stereocenters. The summed E-state index contributed by atoms with van der Waals surface area (Å²) in [6.07, 6.45) is 12.0. The zero-order chi connectivity index (χ0) is 13.1. The summed E-state index contributed by atoms with van der Waals surface area (Å²) < 4.78 is 0. The number of aryl methyl sites for hydroxylation is 1. The molecule has 2 aliphatic carbocycles. The number of benzene rings is 1. The second-order valence-electron chi connectivity index (χ2n) is 5.67. The second-order valence-corrected chi connectivity index (χ2v) is 5.67. The van der Waals surface area contributed by atoms with Crippen molar-refractivity contribution in [2.45, 2.75) is 44.9 Å².